The molecule has 19 heavy (non-hydrogen) atoms. The first-order valence-electron chi connectivity index (χ1n) is 7.27. The van der Waals surface area contributed by atoms with E-state index in [-0.39, 0.29) is 0 Å². The Balaban J connectivity index is 1.86. The largest absolute Gasteiger partial charge is 0.380 e. The van der Waals surface area contributed by atoms with E-state index in [1.54, 1.807) is 0 Å². The van der Waals surface area contributed by atoms with E-state index < -0.39 is 0 Å². The Morgan fingerprint density at radius 3 is 3.05 bits per heavy atom. The minimum Gasteiger partial charge on any atom is -0.380 e. The number of hydrogen-bond donors (Lipinski definition) is 1. The first kappa shape index (κ1) is 15.0. The molecule has 0 spiro atoms. The second-order valence-corrected chi connectivity index (χ2v) is 6.69. The lowest BCUT2D eigenvalue weighted by Gasteiger charge is -2.15. The molecule has 1 unspecified atom stereocenters. The quantitative estimate of drug-likeness (QED) is 0.778. The Bertz CT molecular complexity index is 391. The van der Waals surface area contributed by atoms with E-state index in [2.05, 4.69) is 30.1 Å². The molecule has 2 rings (SSSR count). The lowest BCUT2D eigenvalue weighted by atomic mass is 10.2. The van der Waals surface area contributed by atoms with Crippen molar-refractivity contribution in [1.29, 1.82) is 0 Å². The van der Waals surface area contributed by atoms with Crippen LogP contribution in [-0.4, -0.2) is 37.7 Å². The standard InChI is InChI=1S/C15H26N2OS/c1-4-6-16-9-15-8-13(12(2)19-15)10-17-7-5-14(11-17)18-3/h8,14,16H,4-7,9-11H2,1-3H3. The molecular weight excluding hydrogens is 256 g/mol. The van der Waals surface area contributed by atoms with Gasteiger partial charge in [0.25, 0.3) is 0 Å². The van der Waals surface area contributed by atoms with Gasteiger partial charge in [-0.05, 0) is 37.9 Å². The van der Waals surface area contributed by atoms with Gasteiger partial charge in [-0.2, -0.15) is 0 Å². The van der Waals surface area contributed by atoms with Crippen molar-refractivity contribution in [3.05, 3.63) is 21.4 Å². The van der Waals surface area contributed by atoms with Crippen molar-refractivity contribution < 1.29 is 4.74 Å². The first-order chi connectivity index (χ1) is 9.22. The Labute approximate surface area is 121 Å². The number of aryl methyl sites for hydroxylation is 1. The third kappa shape index (κ3) is 4.28. The average Bonchev–Trinajstić information content (AvgIpc) is 2.98. The smallest absolute Gasteiger partial charge is 0.0710 e. The predicted molar refractivity (Wildman–Crippen MR) is 81.7 cm³/mol. The van der Waals surface area contributed by atoms with E-state index in [1.807, 2.05) is 18.4 Å². The highest BCUT2D eigenvalue weighted by molar-refractivity contribution is 7.12. The van der Waals surface area contributed by atoms with Crippen molar-refractivity contribution in [3.8, 4) is 0 Å². The molecule has 0 amide bonds. The fourth-order valence-electron chi connectivity index (χ4n) is 2.59. The van der Waals surface area contributed by atoms with Crippen LogP contribution in [0.25, 0.3) is 0 Å². The van der Waals surface area contributed by atoms with E-state index in [0.29, 0.717) is 6.10 Å². The Kier molecular flexibility index (Phi) is 5.82. The van der Waals surface area contributed by atoms with E-state index in [1.165, 1.54) is 28.2 Å². The van der Waals surface area contributed by atoms with Crippen LogP contribution in [0.2, 0.25) is 0 Å². The maximum Gasteiger partial charge on any atom is 0.0710 e. The van der Waals surface area contributed by atoms with Crippen LogP contribution in [0.4, 0.5) is 0 Å². The summed E-state index contributed by atoms with van der Waals surface area (Å²) in [7, 11) is 1.82. The molecular formula is C15H26N2OS. The number of rotatable bonds is 7. The van der Waals surface area contributed by atoms with Crippen LogP contribution in [0.15, 0.2) is 6.07 Å². The molecule has 108 valence electrons. The van der Waals surface area contributed by atoms with Crippen LogP contribution in [-0.2, 0) is 17.8 Å². The zero-order valence-corrected chi connectivity index (χ0v) is 13.2. The van der Waals surface area contributed by atoms with Crippen molar-refractivity contribution in [2.75, 3.05) is 26.7 Å². The lowest BCUT2D eigenvalue weighted by molar-refractivity contribution is 0.107. The van der Waals surface area contributed by atoms with Crippen LogP contribution < -0.4 is 5.32 Å². The minimum absolute atomic E-state index is 0.435. The maximum atomic E-state index is 5.43. The van der Waals surface area contributed by atoms with Crippen LogP contribution in [0.1, 0.15) is 35.1 Å². The fourth-order valence-corrected chi connectivity index (χ4v) is 3.62. The lowest BCUT2D eigenvalue weighted by Crippen LogP contribution is -2.22. The van der Waals surface area contributed by atoms with Gasteiger partial charge in [-0.15, -0.1) is 11.3 Å². The molecule has 0 saturated carbocycles. The molecule has 1 fully saturated rings. The van der Waals surface area contributed by atoms with Crippen LogP contribution in [0.5, 0.6) is 0 Å². The van der Waals surface area contributed by atoms with Crippen LogP contribution in [0.3, 0.4) is 0 Å². The molecule has 1 saturated heterocycles. The van der Waals surface area contributed by atoms with Gasteiger partial charge in [0.15, 0.2) is 0 Å². The summed E-state index contributed by atoms with van der Waals surface area (Å²) in [6.07, 6.45) is 2.80. The zero-order chi connectivity index (χ0) is 13.7. The number of ether oxygens (including phenoxy) is 1. The summed E-state index contributed by atoms with van der Waals surface area (Å²) in [5.41, 5.74) is 1.50. The maximum absolute atomic E-state index is 5.43. The Morgan fingerprint density at radius 1 is 1.53 bits per heavy atom. The van der Waals surface area contributed by atoms with E-state index in [4.69, 9.17) is 4.74 Å². The molecule has 1 atom stereocenters. The molecule has 0 aromatic carbocycles. The fraction of sp³-hybridized carbons (Fsp3) is 0.733. The number of nitrogens with one attached hydrogen (secondary N) is 1. The second-order valence-electron chi connectivity index (χ2n) is 5.35. The van der Waals surface area contributed by atoms with Gasteiger partial charge in [0.2, 0.25) is 0 Å². The molecule has 2 heterocycles. The number of hydrogen-bond acceptors (Lipinski definition) is 4. The average molecular weight is 282 g/mol. The molecule has 3 nitrogen and oxygen atoms in total. The third-order valence-corrected chi connectivity index (χ3v) is 4.85. The number of likely N-dealkylation sites (tertiary alicyclic amines) is 1. The highest BCUT2D eigenvalue weighted by Gasteiger charge is 2.22. The molecule has 1 aliphatic rings. The van der Waals surface area contributed by atoms with Crippen molar-refractivity contribution in [3.63, 3.8) is 0 Å². The van der Waals surface area contributed by atoms with Gasteiger partial charge in [-0.1, -0.05) is 6.92 Å². The molecule has 1 aromatic rings. The van der Waals surface area contributed by atoms with E-state index in [9.17, 15) is 0 Å². The minimum atomic E-state index is 0.435. The summed E-state index contributed by atoms with van der Waals surface area (Å²) < 4.78 is 5.43. The second kappa shape index (κ2) is 7.39. The van der Waals surface area contributed by atoms with E-state index in [0.717, 1.165) is 32.7 Å². The van der Waals surface area contributed by atoms with Gasteiger partial charge in [0.1, 0.15) is 0 Å². The summed E-state index contributed by atoms with van der Waals surface area (Å²) in [5, 5.41) is 3.48. The van der Waals surface area contributed by atoms with Gasteiger partial charge in [0, 0.05) is 43.0 Å². The first-order valence-corrected chi connectivity index (χ1v) is 8.08. The molecule has 0 aliphatic carbocycles. The molecule has 0 radical (unpaired) electrons. The van der Waals surface area contributed by atoms with Crippen molar-refractivity contribution in [2.24, 2.45) is 0 Å². The number of methoxy groups -OCH3 is 1. The topological polar surface area (TPSA) is 24.5 Å². The molecule has 1 aromatic heterocycles. The monoisotopic (exact) mass is 282 g/mol. The highest BCUT2D eigenvalue weighted by atomic mass is 32.1. The Morgan fingerprint density at radius 2 is 2.37 bits per heavy atom. The SMILES string of the molecule is CCCNCc1cc(CN2CCC(OC)C2)c(C)s1. The molecule has 1 aliphatic heterocycles. The van der Waals surface area contributed by atoms with Crippen LogP contribution >= 0.6 is 11.3 Å². The van der Waals surface area contributed by atoms with Crippen molar-refractivity contribution in [1.82, 2.24) is 10.2 Å². The summed E-state index contributed by atoms with van der Waals surface area (Å²) >= 11 is 1.93. The normalized spacial score (nSPS) is 20.3. The van der Waals surface area contributed by atoms with Gasteiger partial charge in [-0.3, -0.25) is 4.90 Å². The van der Waals surface area contributed by atoms with Gasteiger partial charge in [-0.25, -0.2) is 0 Å². The Hall–Kier alpha value is -0.420. The number of nitrogens with zero attached hydrogens (tertiary/aromatic N) is 1. The van der Waals surface area contributed by atoms with Crippen molar-refractivity contribution in [2.45, 2.75) is 45.9 Å². The molecule has 1 N–H and O–H groups in total. The highest BCUT2D eigenvalue weighted by Crippen LogP contribution is 2.24. The van der Waals surface area contributed by atoms with Gasteiger partial charge >= 0.3 is 0 Å². The van der Waals surface area contributed by atoms with Gasteiger partial charge < -0.3 is 10.1 Å². The summed E-state index contributed by atoms with van der Waals surface area (Å²) in [5.74, 6) is 0. The summed E-state index contributed by atoms with van der Waals surface area (Å²) in [6.45, 7) is 9.89. The zero-order valence-electron chi connectivity index (χ0n) is 12.4. The summed E-state index contributed by atoms with van der Waals surface area (Å²) in [4.78, 5) is 5.43. The molecule has 4 heteroatoms. The summed E-state index contributed by atoms with van der Waals surface area (Å²) in [6, 6.07) is 2.38. The molecule has 0 bridgehead atoms. The van der Waals surface area contributed by atoms with Crippen molar-refractivity contribution >= 4 is 11.3 Å². The van der Waals surface area contributed by atoms with Crippen LogP contribution in [0, 0.1) is 6.92 Å². The van der Waals surface area contributed by atoms with E-state index >= 15 is 0 Å². The third-order valence-electron chi connectivity index (χ3n) is 3.75. The predicted octanol–water partition coefficient (Wildman–Crippen LogP) is 2.78. The number of thiophene rings is 1. The van der Waals surface area contributed by atoms with Gasteiger partial charge in [0.05, 0.1) is 6.10 Å².